The molecule has 0 aromatic heterocycles. The van der Waals surface area contributed by atoms with Crippen LogP contribution in [0.4, 0.5) is 14.9 Å². The smallest absolute Gasteiger partial charge is 0.318 e. The highest BCUT2D eigenvalue weighted by atomic mass is 32.2. The molecule has 50 heavy (non-hydrogen) atoms. The van der Waals surface area contributed by atoms with Crippen molar-refractivity contribution in [2.24, 2.45) is 0 Å². The largest absolute Gasteiger partial charge is 0.497 e. The first kappa shape index (κ1) is 35.1. The van der Waals surface area contributed by atoms with Gasteiger partial charge >= 0.3 is 6.03 Å². The summed E-state index contributed by atoms with van der Waals surface area (Å²) < 4.78 is 55.7. The summed E-state index contributed by atoms with van der Waals surface area (Å²) in [5.41, 5.74) is -2.87. The predicted molar refractivity (Wildman–Crippen MR) is 184 cm³/mol. The first-order valence-corrected chi connectivity index (χ1v) is 18.3. The van der Waals surface area contributed by atoms with Gasteiger partial charge in [0.05, 0.1) is 29.9 Å². The lowest BCUT2D eigenvalue weighted by atomic mass is 9.82. The number of carbonyl (C=O) groups excluding carboxylic acids is 2. The monoisotopic (exact) mass is 704 g/mol. The summed E-state index contributed by atoms with van der Waals surface area (Å²) in [5.74, 6) is -1.48. The standard InChI is InChI=1S/C36H41FN6O6S/c1-4-40-18-20-41(21-19-40)26-14-16-42(17-15-26)35(45)39-36(29-8-6-7-9-33(29)49-5-2)30-22-25(24-38)31(37)23-32(30)43(34(36)44)50(46,47)28-12-10-27(48-3)11-13-28/h6-13,22-23,26H,4-5,14-21H2,1-3H3,(H,39,45). The minimum atomic E-state index is -4.69. The van der Waals surface area contributed by atoms with E-state index < -0.39 is 38.9 Å². The Hall–Kier alpha value is -4.71. The van der Waals surface area contributed by atoms with Crippen LogP contribution in [0, 0.1) is 17.1 Å². The van der Waals surface area contributed by atoms with Crippen molar-refractivity contribution >= 4 is 27.6 Å². The van der Waals surface area contributed by atoms with Crippen molar-refractivity contribution in [2.45, 2.75) is 43.2 Å². The molecular formula is C36H41FN6O6S. The van der Waals surface area contributed by atoms with Gasteiger partial charge in [0, 0.05) is 62.5 Å². The third kappa shape index (κ3) is 6.14. The van der Waals surface area contributed by atoms with E-state index in [2.05, 4.69) is 22.0 Å². The summed E-state index contributed by atoms with van der Waals surface area (Å²) in [4.78, 5) is 35.6. The number of benzene rings is 3. The molecule has 12 nitrogen and oxygen atoms in total. The number of hydrogen-bond acceptors (Lipinski definition) is 9. The zero-order chi connectivity index (χ0) is 35.6. The van der Waals surface area contributed by atoms with Crippen LogP contribution in [0.25, 0.3) is 0 Å². The summed E-state index contributed by atoms with van der Waals surface area (Å²) >= 11 is 0. The predicted octanol–water partition coefficient (Wildman–Crippen LogP) is 3.90. The molecule has 14 heteroatoms. The number of para-hydroxylation sites is 1. The Kier molecular flexibility index (Phi) is 10.0. The van der Waals surface area contributed by atoms with E-state index in [1.807, 2.05) is 0 Å². The zero-order valence-electron chi connectivity index (χ0n) is 28.4. The number of anilines is 1. The molecule has 3 amide bonds. The molecule has 1 atom stereocenters. The van der Waals surface area contributed by atoms with Gasteiger partial charge in [0.1, 0.15) is 23.4 Å². The van der Waals surface area contributed by atoms with Gasteiger partial charge in [0.2, 0.25) is 0 Å². The SMILES string of the molecule is CCOc1ccccc1C1(NC(=O)N2CCC(N3CCN(CC)CC3)CC2)C(=O)N(S(=O)(=O)c2ccc(OC)cc2)c2cc(F)c(C#N)cc21. The maximum atomic E-state index is 15.4. The fourth-order valence-corrected chi connectivity index (χ4v) is 8.67. The number of rotatable bonds is 9. The molecule has 0 spiro atoms. The van der Waals surface area contributed by atoms with Gasteiger partial charge < -0.3 is 24.6 Å². The number of amides is 3. The molecule has 3 aliphatic heterocycles. The number of ether oxygens (including phenoxy) is 2. The molecule has 2 saturated heterocycles. The number of urea groups is 1. The van der Waals surface area contributed by atoms with Gasteiger partial charge in [0.25, 0.3) is 15.9 Å². The van der Waals surface area contributed by atoms with Gasteiger partial charge in [-0.2, -0.15) is 9.57 Å². The highest BCUT2D eigenvalue weighted by Crippen LogP contribution is 2.50. The Bertz CT molecular complexity index is 1900. The van der Waals surface area contributed by atoms with Gasteiger partial charge in [-0.25, -0.2) is 17.6 Å². The summed E-state index contributed by atoms with van der Waals surface area (Å²) in [5, 5.41) is 12.8. The Morgan fingerprint density at radius 1 is 1.00 bits per heavy atom. The van der Waals surface area contributed by atoms with E-state index >= 15 is 9.18 Å². The van der Waals surface area contributed by atoms with Crippen molar-refractivity contribution in [3.8, 4) is 17.6 Å². The molecule has 0 aliphatic carbocycles. The number of carbonyl (C=O) groups is 2. The quantitative estimate of drug-likeness (QED) is 0.352. The third-order valence-electron chi connectivity index (χ3n) is 9.94. The van der Waals surface area contributed by atoms with Crippen LogP contribution in [0.15, 0.2) is 65.6 Å². The third-order valence-corrected chi connectivity index (χ3v) is 11.7. The summed E-state index contributed by atoms with van der Waals surface area (Å²) in [7, 11) is -3.26. The number of nitrogens with zero attached hydrogens (tertiary/aromatic N) is 5. The summed E-state index contributed by atoms with van der Waals surface area (Å²) in [6.07, 6.45) is 1.46. The van der Waals surface area contributed by atoms with Crippen molar-refractivity contribution in [1.29, 1.82) is 5.26 Å². The van der Waals surface area contributed by atoms with E-state index in [-0.39, 0.29) is 34.1 Å². The lowest BCUT2D eigenvalue weighted by Gasteiger charge is -2.43. The van der Waals surface area contributed by atoms with Crippen LogP contribution in [-0.4, -0.2) is 101 Å². The van der Waals surface area contributed by atoms with Gasteiger partial charge in [-0.15, -0.1) is 0 Å². The molecular weight excluding hydrogens is 663 g/mol. The van der Waals surface area contributed by atoms with Crippen LogP contribution in [0.5, 0.6) is 11.5 Å². The Morgan fingerprint density at radius 3 is 2.30 bits per heavy atom. The average molecular weight is 705 g/mol. The topological polar surface area (TPSA) is 136 Å². The van der Waals surface area contributed by atoms with Crippen LogP contribution in [0.3, 0.4) is 0 Å². The van der Waals surface area contributed by atoms with Crippen molar-refractivity contribution in [3.63, 3.8) is 0 Å². The molecule has 264 valence electrons. The number of likely N-dealkylation sites (N-methyl/N-ethyl adjacent to an activating group) is 1. The van der Waals surface area contributed by atoms with Crippen LogP contribution in [0.2, 0.25) is 0 Å². The number of hydrogen-bond donors (Lipinski definition) is 1. The van der Waals surface area contributed by atoms with Crippen molar-refractivity contribution in [1.82, 2.24) is 20.0 Å². The van der Waals surface area contributed by atoms with E-state index in [0.717, 1.165) is 57.7 Å². The van der Waals surface area contributed by atoms with Gasteiger partial charge in [-0.1, -0.05) is 25.1 Å². The molecule has 3 aromatic rings. The van der Waals surface area contributed by atoms with Gasteiger partial charge in [0.15, 0.2) is 5.54 Å². The number of piperidine rings is 1. The lowest BCUT2D eigenvalue weighted by Crippen LogP contribution is -2.59. The molecule has 0 radical (unpaired) electrons. The molecule has 6 rings (SSSR count). The number of halogens is 1. The van der Waals surface area contributed by atoms with Crippen LogP contribution in [-0.2, 0) is 20.4 Å². The second-order valence-corrected chi connectivity index (χ2v) is 14.3. The van der Waals surface area contributed by atoms with E-state index in [4.69, 9.17) is 9.47 Å². The summed E-state index contributed by atoms with van der Waals surface area (Å²) in [6.45, 7) is 9.88. The molecule has 3 aliphatic rings. The number of nitriles is 1. The maximum Gasteiger partial charge on any atom is 0.318 e. The molecule has 0 saturated carbocycles. The minimum Gasteiger partial charge on any atom is -0.497 e. The fourth-order valence-electron chi connectivity index (χ4n) is 7.21. The number of nitrogens with one attached hydrogen (secondary N) is 1. The van der Waals surface area contributed by atoms with Crippen molar-refractivity contribution in [3.05, 3.63) is 83.2 Å². The molecule has 1 N–H and O–H groups in total. The van der Waals surface area contributed by atoms with Crippen LogP contribution >= 0.6 is 0 Å². The summed E-state index contributed by atoms with van der Waals surface area (Å²) in [6, 6.07) is 15.4. The van der Waals surface area contributed by atoms with Crippen LogP contribution in [0.1, 0.15) is 43.4 Å². The molecule has 3 heterocycles. The lowest BCUT2D eigenvalue weighted by molar-refractivity contribution is -0.121. The highest BCUT2D eigenvalue weighted by molar-refractivity contribution is 7.93. The fraction of sp³-hybridized carbons (Fsp3) is 0.417. The van der Waals surface area contributed by atoms with Crippen LogP contribution < -0.4 is 19.1 Å². The number of methoxy groups -OCH3 is 1. The number of likely N-dealkylation sites (tertiary alicyclic amines) is 1. The minimum absolute atomic E-state index is 0.0679. The number of sulfonamides is 1. The Balaban J connectivity index is 1.43. The zero-order valence-corrected chi connectivity index (χ0v) is 29.2. The molecule has 3 aromatic carbocycles. The van der Waals surface area contributed by atoms with Crippen molar-refractivity contribution in [2.75, 3.05) is 63.8 Å². The van der Waals surface area contributed by atoms with Crippen molar-refractivity contribution < 1.29 is 31.9 Å². The Labute approximate surface area is 292 Å². The highest BCUT2D eigenvalue weighted by Gasteiger charge is 2.59. The first-order chi connectivity index (χ1) is 24.1. The maximum absolute atomic E-state index is 15.4. The Morgan fingerprint density at radius 2 is 1.68 bits per heavy atom. The molecule has 2 fully saturated rings. The second-order valence-electron chi connectivity index (χ2n) is 12.5. The van der Waals surface area contributed by atoms with E-state index in [1.54, 1.807) is 42.2 Å². The van der Waals surface area contributed by atoms with Gasteiger partial charge in [-0.3, -0.25) is 9.69 Å². The van der Waals surface area contributed by atoms with E-state index in [0.29, 0.717) is 29.2 Å². The van der Waals surface area contributed by atoms with Gasteiger partial charge in [-0.05, 0) is 62.7 Å². The van der Waals surface area contributed by atoms with E-state index in [9.17, 15) is 18.5 Å². The first-order valence-electron chi connectivity index (χ1n) is 16.8. The number of fused-ring (bicyclic) bond motifs is 1. The average Bonchev–Trinajstić information content (AvgIpc) is 3.38. The second kappa shape index (κ2) is 14.3. The normalized spacial score (nSPS) is 20.3. The number of piperazine rings is 1. The molecule has 1 unspecified atom stereocenters. The van der Waals surface area contributed by atoms with E-state index in [1.165, 1.54) is 31.4 Å². The molecule has 0 bridgehead atoms.